The maximum absolute atomic E-state index is 13.1. The Kier molecular flexibility index (Phi) is 7.21. The van der Waals surface area contributed by atoms with E-state index in [1.165, 1.54) is 6.20 Å². The molecule has 0 radical (unpaired) electrons. The number of aliphatic hydroxyl groups excluding tert-OH is 1. The Morgan fingerprint density at radius 3 is 2.55 bits per heavy atom. The molecular weight excluding hydrogens is 420 g/mol. The first-order chi connectivity index (χ1) is 16.1. The summed E-state index contributed by atoms with van der Waals surface area (Å²) in [5, 5.41) is 20.4. The first kappa shape index (κ1) is 22.8. The van der Waals surface area contributed by atoms with Gasteiger partial charge >= 0.3 is 0 Å². The Morgan fingerprint density at radius 2 is 1.85 bits per heavy atom. The first-order valence-electron chi connectivity index (χ1n) is 11.2. The number of amides is 1. The fraction of sp³-hybridized carbons (Fsp3) is 0.375. The number of hydrogen-bond donors (Lipinski definition) is 4. The third-order valence-electron chi connectivity index (χ3n) is 6.02. The van der Waals surface area contributed by atoms with Crippen molar-refractivity contribution < 1.29 is 14.6 Å². The molecule has 2 aromatic rings. The minimum absolute atomic E-state index is 0.242. The summed E-state index contributed by atoms with van der Waals surface area (Å²) in [4.78, 5) is 21.9. The van der Waals surface area contributed by atoms with Crippen LogP contribution in [-0.4, -0.2) is 67.7 Å². The van der Waals surface area contributed by atoms with Gasteiger partial charge in [0.2, 0.25) is 0 Å². The van der Waals surface area contributed by atoms with E-state index in [0.29, 0.717) is 56.1 Å². The quantitative estimate of drug-likeness (QED) is 0.496. The molecule has 1 aromatic carbocycles. The van der Waals surface area contributed by atoms with E-state index < -0.39 is 0 Å². The smallest absolute Gasteiger partial charge is 0.274 e. The number of allylic oxidation sites excluding steroid dienone is 1. The Balaban J connectivity index is 1.61. The zero-order valence-corrected chi connectivity index (χ0v) is 18.5. The second kappa shape index (κ2) is 10.5. The van der Waals surface area contributed by atoms with Crippen LogP contribution in [0.15, 0.2) is 42.6 Å². The van der Waals surface area contributed by atoms with E-state index in [-0.39, 0.29) is 17.7 Å². The number of nitrogens with zero attached hydrogens (tertiary/aromatic N) is 3. The van der Waals surface area contributed by atoms with E-state index in [4.69, 9.17) is 15.9 Å². The van der Waals surface area contributed by atoms with E-state index >= 15 is 0 Å². The topological polar surface area (TPSA) is 128 Å². The van der Waals surface area contributed by atoms with Crippen LogP contribution in [0.1, 0.15) is 29.0 Å². The zero-order valence-electron chi connectivity index (χ0n) is 18.5. The van der Waals surface area contributed by atoms with Crippen molar-refractivity contribution in [3.8, 4) is 0 Å². The van der Waals surface area contributed by atoms with Gasteiger partial charge in [-0.1, -0.05) is 6.07 Å². The molecule has 0 saturated carbocycles. The van der Waals surface area contributed by atoms with Gasteiger partial charge in [-0.3, -0.25) is 4.79 Å². The summed E-state index contributed by atoms with van der Waals surface area (Å²) in [6.45, 7) is 4.47. The number of piperidine rings is 1. The number of pyridine rings is 1. The number of carbonyl (C=O) groups excluding carboxylic acids is 1. The number of hydrogen-bond acceptors (Lipinski definition) is 8. The largest absolute Gasteiger partial charge is 0.404 e. The van der Waals surface area contributed by atoms with Gasteiger partial charge in [-0.2, -0.15) is 0 Å². The molecule has 9 nitrogen and oxygen atoms in total. The third-order valence-corrected chi connectivity index (χ3v) is 6.02. The lowest BCUT2D eigenvalue weighted by atomic mass is 10.1. The van der Waals surface area contributed by atoms with Gasteiger partial charge in [0, 0.05) is 49.9 Å². The molecule has 4 rings (SSSR count). The van der Waals surface area contributed by atoms with Crippen molar-refractivity contribution in [2.75, 3.05) is 54.5 Å². The summed E-state index contributed by atoms with van der Waals surface area (Å²) in [6, 6.07) is 11.1. The number of nitrogens with two attached hydrogens (primary N) is 1. The van der Waals surface area contributed by atoms with Crippen LogP contribution in [0.5, 0.6) is 0 Å². The number of aliphatic hydroxyl groups is 1. The third kappa shape index (κ3) is 5.32. The highest BCUT2D eigenvalue weighted by Gasteiger charge is 2.22. The summed E-state index contributed by atoms with van der Waals surface area (Å²) < 4.78 is 5.48. The van der Waals surface area contributed by atoms with Crippen molar-refractivity contribution in [1.29, 1.82) is 5.41 Å². The molecule has 1 amide bonds. The standard InChI is InChI=1S/C24H30N6O3/c25-15-17(16-26)20-2-1-3-22(27-20)24(32)28-21-5-4-18(29-10-12-33-13-11-29)14-23(21)30-8-6-19(31)7-9-30/h1-5,14-16,19,25,31H,6-13,26H2,(H,28,32)/b17-16+,25-15?. The summed E-state index contributed by atoms with van der Waals surface area (Å²) in [7, 11) is 0. The lowest BCUT2D eigenvalue weighted by Crippen LogP contribution is -2.38. The van der Waals surface area contributed by atoms with Crippen molar-refractivity contribution in [1.82, 2.24) is 4.98 Å². The van der Waals surface area contributed by atoms with Crippen LogP contribution in [0.4, 0.5) is 17.1 Å². The van der Waals surface area contributed by atoms with E-state index in [1.54, 1.807) is 18.2 Å². The summed E-state index contributed by atoms with van der Waals surface area (Å²) in [5.41, 5.74) is 9.42. The van der Waals surface area contributed by atoms with Gasteiger partial charge in [0.25, 0.3) is 5.91 Å². The molecule has 9 heteroatoms. The fourth-order valence-corrected chi connectivity index (χ4v) is 4.13. The molecule has 0 unspecified atom stereocenters. The molecule has 2 aliphatic heterocycles. The highest BCUT2D eigenvalue weighted by molar-refractivity contribution is 6.08. The minimum atomic E-state index is -0.337. The molecule has 2 aliphatic rings. The molecule has 0 atom stereocenters. The Morgan fingerprint density at radius 1 is 1.12 bits per heavy atom. The van der Waals surface area contributed by atoms with Gasteiger partial charge in [0.15, 0.2) is 0 Å². The normalized spacial score (nSPS) is 17.7. The van der Waals surface area contributed by atoms with Crippen LogP contribution in [-0.2, 0) is 4.74 Å². The Hall–Kier alpha value is -3.43. The first-order valence-corrected chi connectivity index (χ1v) is 11.2. The number of ether oxygens (including phenoxy) is 1. The van der Waals surface area contributed by atoms with E-state index in [9.17, 15) is 9.90 Å². The van der Waals surface area contributed by atoms with E-state index in [2.05, 4.69) is 26.2 Å². The minimum Gasteiger partial charge on any atom is -0.404 e. The monoisotopic (exact) mass is 450 g/mol. The number of morpholine rings is 1. The van der Waals surface area contributed by atoms with Crippen molar-refractivity contribution in [2.45, 2.75) is 18.9 Å². The summed E-state index contributed by atoms with van der Waals surface area (Å²) >= 11 is 0. The summed E-state index contributed by atoms with van der Waals surface area (Å²) in [6.07, 6.45) is 3.50. The predicted octanol–water partition coefficient (Wildman–Crippen LogP) is 2.08. The van der Waals surface area contributed by atoms with Crippen molar-refractivity contribution in [3.05, 3.63) is 54.0 Å². The maximum Gasteiger partial charge on any atom is 0.274 e. The van der Waals surface area contributed by atoms with Crippen LogP contribution in [0.25, 0.3) is 5.57 Å². The molecule has 174 valence electrons. The molecule has 3 heterocycles. The zero-order chi connectivity index (χ0) is 23.2. The average molecular weight is 451 g/mol. The molecular formula is C24H30N6O3. The highest BCUT2D eigenvalue weighted by atomic mass is 16.5. The van der Waals surface area contributed by atoms with E-state index in [0.717, 1.165) is 30.7 Å². The number of anilines is 3. The van der Waals surface area contributed by atoms with Crippen molar-refractivity contribution >= 4 is 34.8 Å². The molecule has 0 spiro atoms. The van der Waals surface area contributed by atoms with Crippen LogP contribution < -0.4 is 20.9 Å². The second-order valence-corrected chi connectivity index (χ2v) is 8.15. The van der Waals surface area contributed by atoms with Gasteiger partial charge in [0.05, 0.1) is 36.4 Å². The van der Waals surface area contributed by atoms with Crippen molar-refractivity contribution in [3.63, 3.8) is 0 Å². The van der Waals surface area contributed by atoms with Gasteiger partial charge in [-0.05, 0) is 43.2 Å². The van der Waals surface area contributed by atoms with Crippen LogP contribution >= 0.6 is 0 Å². The maximum atomic E-state index is 13.1. The number of aromatic nitrogens is 1. The summed E-state index contributed by atoms with van der Waals surface area (Å²) in [5.74, 6) is -0.337. The average Bonchev–Trinajstić information content (AvgIpc) is 2.86. The van der Waals surface area contributed by atoms with Gasteiger partial charge in [0.1, 0.15) is 5.69 Å². The Labute approximate surface area is 193 Å². The number of carbonyl (C=O) groups is 1. The second-order valence-electron chi connectivity index (χ2n) is 8.15. The SMILES string of the molecule is N=C/C(=C\N)c1cccc(C(=O)Nc2ccc(N3CCOCC3)cc2N2CCC(O)CC2)n1. The molecule has 2 fully saturated rings. The Bertz CT molecular complexity index is 1030. The van der Waals surface area contributed by atoms with Gasteiger partial charge < -0.3 is 36.1 Å². The van der Waals surface area contributed by atoms with Crippen LogP contribution in [0.2, 0.25) is 0 Å². The van der Waals surface area contributed by atoms with Crippen LogP contribution in [0, 0.1) is 5.41 Å². The van der Waals surface area contributed by atoms with Crippen molar-refractivity contribution in [2.24, 2.45) is 5.73 Å². The molecule has 1 aromatic heterocycles. The lowest BCUT2D eigenvalue weighted by Gasteiger charge is -2.35. The number of rotatable bonds is 6. The van der Waals surface area contributed by atoms with Gasteiger partial charge in [-0.15, -0.1) is 0 Å². The molecule has 0 aliphatic carbocycles. The molecule has 2 saturated heterocycles. The highest BCUT2D eigenvalue weighted by Crippen LogP contribution is 2.33. The fourth-order valence-electron chi connectivity index (χ4n) is 4.13. The van der Waals surface area contributed by atoms with E-state index in [1.807, 2.05) is 12.1 Å². The molecule has 5 N–H and O–H groups in total. The lowest BCUT2D eigenvalue weighted by molar-refractivity contribution is 0.102. The molecule has 0 bridgehead atoms. The number of benzene rings is 1. The van der Waals surface area contributed by atoms with Gasteiger partial charge in [-0.25, -0.2) is 4.98 Å². The number of nitrogens with one attached hydrogen (secondary N) is 2. The predicted molar refractivity (Wildman–Crippen MR) is 130 cm³/mol. The molecule has 33 heavy (non-hydrogen) atoms. The van der Waals surface area contributed by atoms with Crippen LogP contribution in [0.3, 0.4) is 0 Å².